The van der Waals surface area contributed by atoms with E-state index in [1.807, 2.05) is 18.2 Å². The van der Waals surface area contributed by atoms with Gasteiger partial charge in [-0.1, -0.05) is 24.3 Å². The lowest BCUT2D eigenvalue weighted by Crippen LogP contribution is -2.39. The Morgan fingerprint density at radius 2 is 1.86 bits per heavy atom. The molecule has 0 radical (unpaired) electrons. The van der Waals surface area contributed by atoms with E-state index in [0.29, 0.717) is 11.1 Å². The highest BCUT2D eigenvalue weighted by Gasteiger charge is 2.30. The molecule has 3 rings (SSSR count). The van der Waals surface area contributed by atoms with Gasteiger partial charge in [0.2, 0.25) is 0 Å². The molecule has 1 heterocycles. The largest absolute Gasteiger partial charge is 0.435 e. The number of alkyl halides is 2. The summed E-state index contributed by atoms with van der Waals surface area (Å²) in [5, 5.41) is 20.9. The van der Waals surface area contributed by atoms with Gasteiger partial charge in [-0.2, -0.15) is 8.78 Å². The molecule has 0 spiro atoms. The fraction of sp³-hybridized carbons (Fsp3) is 0.263. The highest BCUT2D eigenvalue weighted by atomic mass is 32.1. The third kappa shape index (κ3) is 4.61. The van der Waals surface area contributed by atoms with Gasteiger partial charge in [0, 0.05) is 13.6 Å². The number of aliphatic hydroxyl groups is 2. The summed E-state index contributed by atoms with van der Waals surface area (Å²) < 4.78 is 29.5. The average molecular weight is 408 g/mol. The van der Waals surface area contributed by atoms with Crippen LogP contribution in [-0.2, 0) is 11.3 Å². The molecule has 0 aliphatic heterocycles. The van der Waals surface area contributed by atoms with Crippen LogP contribution in [0.1, 0.15) is 16.7 Å². The third-order valence-electron chi connectivity index (χ3n) is 4.06. The van der Waals surface area contributed by atoms with Gasteiger partial charge in [-0.15, -0.1) is 11.3 Å². The van der Waals surface area contributed by atoms with E-state index in [2.05, 4.69) is 9.72 Å². The minimum Gasteiger partial charge on any atom is -0.435 e. The number of nitrogens with zero attached hydrogens (tertiary/aromatic N) is 2. The molecule has 28 heavy (non-hydrogen) atoms. The zero-order valence-electron chi connectivity index (χ0n) is 14.8. The lowest BCUT2D eigenvalue weighted by atomic mass is 10.1. The number of amides is 1. The number of carbonyl (C=O) groups is 1. The van der Waals surface area contributed by atoms with E-state index in [9.17, 15) is 23.8 Å². The number of aliphatic hydroxyl groups excluding tert-OH is 2. The minimum atomic E-state index is -2.91. The minimum absolute atomic E-state index is 0.0130. The van der Waals surface area contributed by atoms with Gasteiger partial charge < -0.3 is 19.8 Å². The molecule has 3 aromatic rings. The lowest BCUT2D eigenvalue weighted by molar-refractivity contribution is -0.145. The summed E-state index contributed by atoms with van der Waals surface area (Å²) in [6, 6.07) is 13.1. The number of benzene rings is 2. The molecule has 6 nitrogen and oxygen atoms in total. The number of carbonyl (C=O) groups excluding carboxylic acids is 1. The lowest BCUT2D eigenvalue weighted by Gasteiger charge is -2.23. The van der Waals surface area contributed by atoms with Gasteiger partial charge in [0.1, 0.15) is 16.9 Å². The molecule has 0 aliphatic rings. The number of ether oxygens (including phenoxy) is 1. The van der Waals surface area contributed by atoms with Crippen molar-refractivity contribution in [1.82, 2.24) is 9.88 Å². The molecule has 2 N–H and O–H groups in total. The standard InChI is InChI=1S/C19H18F2N2O4S/c1-23(10-11-6-8-12(9-7-11)27-19(20)21)18(26)16(25)15(24)17-22-13-4-2-3-5-14(13)28-17/h2-9,15-16,19,24-25H,10H2,1H3. The highest BCUT2D eigenvalue weighted by Crippen LogP contribution is 2.28. The van der Waals surface area contributed by atoms with Crippen molar-refractivity contribution in [2.24, 2.45) is 0 Å². The van der Waals surface area contributed by atoms with E-state index in [1.165, 1.54) is 47.5 Å². The van der Waals surface area contributed by atoms with Gasteiger partial charge in [0.15, 0.2) is 6.10 Å². The Morgan fingerprint density at radius 1 is 1.18 bits per heavy atom. The van der Waals surface area contributed by atoms with E-state index < -0.39 is 24.7 Å². The normalized spacial score (nSPS) is 13.5. The first-order valence-electron chi connectivity index (χ1n) is 8.35. The molecule has 2 atom stereocenters. The van der Waals surface area contributed by atoms with Crippen LogP contribution < -0.4 is 4.74 Å². The van der Waals surface area contributed by atoms with E-state index in [4.69, 9.17) is 0 Å². The number of rotatable bonds is 7. The van der Waals surface area contributed by atoms with Crippen LogP contribution in [0.3, 0.4) is 0 Å². The third-order valence-corrected chi connectivity index (χ3v) is 5.17. The summed E-state index contributed by atoms with van der Waals surface area (Å²) in [6.45, 7) is -2.79. The van der Waals surface area contributed by atoms with Crippen LogP contribution in [0, 0.1) is 0 Å². The molecule has 2 unspecified atom stereocenters. The second-order valence-corrected chi connectivity index (χ2v) is 7.19. The van der Waals surface area contributed by atoms with Crippen LogP contribution >= 0.6 is 11.3 Å². The Labute approximate surface area is 163 Å². The summed E-state index contributed by atoms with van der Waals surface area (Å²) in [5.41, 5.74) is 1.33. The van der Waals surface area contributed by atoms with Gasteiger partial charge in [-0.25, -0.2) is 4.98 Å². The quantitative estimate of drug-likeness (QED) is 0.628. The molecule has 9 heteroatoms. The van der Waals surface area contributed by atoms with Gasteiger partial charge in [0.25, 0.3) is 5.91 Å². The van der Waals surface area contributed by atoms with Crippen molar-refractivity contribution in [2.45, 2.75) is 25.4 Å². The maximum Gasteiger partial charge on any atom is 0.387 e. The number of thiazole rings is 1. The molecule has 0 bridgehead atoms. The fourth-order valence-corrected chi connectivity index (χ4v) is 3.62. The summed E-state index contributed by atoms with van der Waals surface area (Å²) in [7, 11) is 1.47. The van der Waals surface area contributed by atoms with Crippen molar-refractivity contribution in [3.63, 3.8) is 0 Å². The maximum atomic E-state index is 12.5. The summed E-state index contributed by atoms with van der Waals surface area (Å²) in [6.07, 6.45) is -3.12. The molecular formula is C19H18F2N2O4S. The maximum absolute atomic E-state index is 12.5. The first-order valence-corrected chi connectivity index (χ1v) is 9.17. The summed E-state index contributed by atoms with van der Waals surface area (Å²) >= 11 is 1.21. The van der Waals surface area contributed by atoms with Crippen molar-refractivity contribution in [3.05, 3.63) is 59.1 Å². The second kappa shape index (κ2) is 8.59. The fourth-order valence-electron chi connectivity index (χ4n) is 2.64. The van der Waals surface area contributed by atoms with E-state index >= 15 is 0 Å². The Morgan fingerprint density at radius 3 is 2.50 bits per heavy atom. The van der Waals surface area contributed by atoms with E-state index in [0.717, 1.165) is 4.70 Å². The number of halogens is 2. The summed E-state index contributed by atoms with van der Waals surface area (Å²) in [4.78, 5) is 18.0. The zero-order valence-corrected chi connectivity index (χ0v) is 15.6. The van der Waals surface area contributed by atoms with Crippen molar-refractivity contribution in [3.8, 4) is 5.75 Å². The van der Waals surface area contributed by atoms with Gasteiger partial charge in [0.05, 0.1) is 10.2 Å². The Balaban J connectivity index is 1.64. The molecule has 148 valence electrons. The number of fused-ring (bicyclic) bond motifs is 1. The average Bonchev–Trinajstić information content (AvgIpc) is 3.11. The van der Waals surface area contributed by atoms with Crippen molar-refractivity contribution < 1.29 is 28.5 Å². The molecule has 0 aliphatic carbocycles. The molecule has 0 saturated carbocycles. The first-order chi connectivity index (χ1) is 13.3. The predicted octanol–water partition coefficient (Wildman–Crippen LogP) is 2.95. The van der Waals surface area contributed by atoms with Crippen LogP contribution in [0.5, 0.6) is 5.75 Å². The molecule has 1 aromatic heterocycles. The van der Waals surface area contributed by atoms with Gasteiger partial charge >= 0.3 is 6.61 Å². The SMILES string of the molecule is CN(Cc1ccc(OC(F)F)cc1)C(=O)C(O)C(O)c1nc2ccccc2s1. The van der Waals surface area contributed by atoms with Crippen molar-refractivity contribution in [1.29, 1.82) is 0 Å². The molecular weight excluding hydrogens is 390 g/mol. The first kappa shape index (κ1) is 20.1. The predicted molar refractivity (Wildman–Crippen MR) is 100 cm³/mol. The Hall–Kier alpha value is -2.62. The van der Waals surface area contributed by atoms with E-state index in [-0.39, 0.29) is 17.3 Å². The van der Waals surface area contributed by atoms with E-state index in [1.54, 1.807) is 6.07 Å². The van der Waals surface area contributed by atoms with Crippen LogP contribution in [0.4, 0.5) is 8.78 Å². The van der Waals surface area contributed by atoms with Crippen molar-refractivity contribution in [2.75, 3.05) is 7.05 Å². The van der Waals surface area contributed by atoms with Crippen LogP contribution in [-0.4, -0.2) is 45.8 Å². The van der Waals surface area contributed by atoms with Crippen LogP contribution in [0.2, 0.25) is 0 Å². The number of hydrogen-bond donors (Lipinski definition) is 2. The van der Waals surface area contributed by atoms with Crippen molar-refractivity contribution >= 4 is 27.5 Å². The van der Waals surface area contributed by atoms with Crippen LogP contribution in [0.15, 0.2) is 48.5 Å². The number of hydrogen-bond acceptors (Lipinski definition) is 6. The molecule has 2 aromatic carbocycles. The van der Waals surface area contributed by atoms with Gasteiger partial charge in [-0.05, 0) is 29.8 Å². The monoisotopic (exact) mass is 408 g/mol. The number of aromatic nitrogens is 1. The second-order valence-electron chi connectivity index (χ2n) is 6.13. The van der Waals surface area contributed by atoms with Gasteiger partial charge in [-0.3, -0.25) is 4.79 Å². The number of para-hydroxylation sites is 1. The Bertz CT molecular complexity index is 916. The Kier molecular flexibility index (Phi) is 6.18. The highest BCUT2D eigenvalue weighted by molar-refractivity contribution is 7.18. The zero-order chi connectivity index (χ0) is 20.3. The molecule has 0 fully saturated rings. The molecule has 0 saturated heterocycles. The van der Waals surface area contributed by atoms with Crippen LogP contribution in [0.25, 0.3) is 10.2 Å². The summed E-state index contributed by atoms with van der Waals surface area (Å²) in [5.74, 6) is -0.668. The number of likely N-dealkylation sites (N-methyl/N-ethyl adjacent to an activating group) is 1. The topological polar surface area (TPSA) is 82.9 Å². The molecule has 1 amide bonds. The smallest absolute Gasteiger partial charge is 0.387 e.